The molecule has 0 saturated carbocycles. The molecule has 0 spiro atoms. The maximum absolute atomic E-state index is 13.1. The Morgan fingerprint density at radius 3 is 1.46 bits per heavy atom. The first kappa shape index (κ1) is 19.3. The van der Waals surface area contributed by atoms with Crippen molar-refractivity contribution in [2.75, 3.05) is 0 Å². The van der Waals surface area contributed by atoms with Crippen molar-refractivity contribution in [2.45, 2.75) is 39.9 Å². The molecule has 0 aliphatic rings. The monoisotopic (exact) mass is 366 g/mol. The van der Waals surface area contributed by atoms with E-state index in [0.717, 1.165) is 10.6 Å². The molecular formula is C18H24O4P2. The molecule has 2 aromatic rings. The maximum atomic E-state index is 13.1. The molecule has 2 rings (SSSR count). The fourth-order valence-electron chi connectivity index (χ4n) is 2.05. The van der Waals surface area contributed by atoms with Gasteiger partial charge < -0.3 is 0 Å². The summed E-state index contributed by atoms with van der Waals surface area (Å²) in [7, 11) is -5.00. The number of hydrogen-bond donors (Lipinski definition) is 0. The molecule has 24 heavy (non-hydrogen) atoms. The van der Waals surface area contributed by atoms with Gasteiger partial charge in [0.15, 0.2) is 0 Å². The van der Waals surface area contributed by atoms with Gasteiger partial charge in [-0.25, -0.2) is 4.57 Å². The van der Waals surface area contributed by atoms with Crippen LogP contribution in [-0.2, 0) is 17.9 Å². The molecule has 0 bridgehead atoms. The van der Waals surface area contributed by atoms with E-state index in [1.807, 2.05) is 88.4 Å². The summed E-state index contributed by atoms with van der Waals surface area (Å²) < 4.78 is 30.2. The molecule has 0 fully saturated rings. The van der Waals surface area contributed by atoms with Crippen LogP contribution in [0.4, 0.5) is 0 Å². The van der Waals surface area contributed by atoms with Gasteiger partial charge in [0.05, 0.1) is 12.2 Å². The van der Waals surface area contributed by atoms with E-state index in [2.05, 4.69) is 0 Å². The summed E-state index contributed by atoms with van der Waals surface area (Å²) in [5.41, 5.74) is 0. The van der Waals surface area contributed by atoms with E-state index in [1.165, 1.54) is 0 Å². The van der Waals surface area contributed by atoms with Gasteiger partial charge in [0.1, 0.15) is 8.15 Å². The topological polar surface area (TPSA) is 44.8 Å². The van der Waals surface area contributed by atoms with Crippen LogP contribution in [0.3, 0.4) is 0 Å². The van der Waals surface area contributed by atoms with Crippen LogP contribution in [-0.4, -0.2) is 12.2 Å². The summed E-state index contributed by atoms with van der Waals surface area (Å²) >= 11 is 0. The number of hydrogen-bond acceptors (Lipinski definition) is 4. The molecule has 4 nitrogen and oxygen atoms in total. The third-order valence-electron chi connectivity index (χ3n) is 2.84. The van der Waals surface area contributed by atoms with Crippen molar-refractivity contribution < 1.29 is 17.9 Å². The molecule has 0 saturated heterocycles. The first-order valence-corrected chi connectivity index (χ1v) is 10.7. The molecule has 2 aromatic carbocycles. The summed E-state index contributed by atoms with van der Waals surface area (Å²) in [6.07, 6.45) is -0.532. The van der Waals surface area contributed by atoms with Gasteiger partial charge in [0.2, 0.25) is 0 Å². The summed E-state index contributed by atoms with van der Waals surface area (Å²) in [5, 5.41) is 1.91. The number of rotatable bonds is 8. The van der Waals surface area contributed by atoms with Crippen LogP contribution in [0.25, 0.3) is 0 Å². The maximum Gasteiger partial charge on any atom is 0.479 e. The highest BCUT2D eigenvalue weighted by Crippen LogP contribution is 2.60. The van der Waals surface area contributed by atoms with Crippen LogP contribution < -0.4 is 10.6 Å². The Balaban J connectivity index is 2.37. The summed E-state index contributed by atoms with van der Waals surface area (Å²) in [4.78, 5) is 0. The summed E-state index contributed by atoms with van der Waals surface area (Å²) in [6, 6.07) is 19.5. The predicted octanol–water partition coefficient (Wildman–Crippen LogP) is 5.01. The number of phosphoric ester groups is 1. The Kier molecular flexibility index (Phi) is 7.16. The van der Waals surface area contributed by atoms with E-state index in [0.29, 0.717) is 0 Å². The molecule has 0 atom stereocenters. The smallest absolute Gasteiger partial charge is 0.284 e. The van der Waals surface area contributed by atoms with Gasteiger partial charge in [-0.1, -0.05) is 60.7 Å². The van der Waals surface area contributed by atoms with Crippen LogP contribution in [0.15, 0.2) is 60.7 Å². The van der Waals surface area contributed by atoms with Crippen molar-refractivity contribution in [3.8, 4) is 0 Å². The average Bonchev–Trinajstić information content (AvgIpc) is 2.53. The molecule has 0 heterocycles. The van der Waals surface area contributed by atoms with Crippen molar-refractivity contribution in [3.63, 3.8) is 0 Å². The molecule has 0 unspecified atom stereocenters. The first-order chi connectivity index (χ1) is 11.4. The van der Waals surface area contributed by atoms with Crippen molar-refractivity contribution in [1.82, 2.24) is 0 Å². The molecule has 130 valence electrons. The molecule has 0 aliphatic heterocycles. The molecule has 0 radical (unpaired) electrons. The van der Waals surface area contributed by atoms with Crippen molar-refractivity contribution in [3.05, 3.63) is 60.7 Å². The molecular weight excluding hydrogens is 342 g/mol. The number of phosphoric acid groups is 1. The number of benzene rings is 2. The highest BCUT2D eigenvalue weighted by molar-refractivity contribution is 7.74. The van der Waals surface area contributed by atoms with E-state index in [4.69, 9.17) is 13.4 Å². The van der Waals surface area contributed by atoms with E-state index in [9.17, 15) is 4.57 Å². The lowest BCUT2D eigenvalue weighted by Crippen LogP contribution is -2.16. The van der Waals surface area contributed by atoms with Gasteiger partial charge in [0.25, 0.3) is 0 Å². The van der Waals surface area contributed by atoms with Gasteiger partial charge in [-0.15, -0.1) is 0 Å². The zero-order chi connectivity index (χ0) is 17.6. The fourth-order valence-corrected chi connectivity index (χ4v) is 6.18. The van der Waals surface area contributed by atoms with Crippen LogP contribution in [0.2, 0.25) is 0 Å². The molecule has 0 amide bonds. The molecule has 6 heteroatoms. The van der Waals surface area contributed by atoms with Gasteiger partial charge in [0, 0.05) is 10.6 Å². The first-order valence-electron chi connectivity index (χ1n) is 7.96. The Morgan fingerprint density at radius 2 is 1.12 bits per heavy atom. The molecule has 0 aromatic heterocycles. The van der Waals surface area contributed by atoms with Crippen LogP contribution in [0.5, 0.6) is 0 Å². The van der Waals surface area contributed by atoms with Gasteiger partial charge in [-0.2, -0.15) is 0 Å². The minimum atomic E-state index is -3.69. The second-order valence-electron chi connectivity index (χ2n) is 5.80. The highest BCUT2D eigenvalue weighted by atomic mass is 31.2. The minimum Gasteiger partial charge on any atom is -0.284 e. The Morgan fingerprint density at radius 1 is 0.750 bits per heavy atom. The van der Waals surface area contributed by atoms with Crippen LogP contribution in [0.1, 0.15) is 27.7 Å². The lowest BCUT2D eigenvalue weighted by Gasteiger charge is -2.26. The largest absolute Gasteiger partial charge is 0.479 e. The normalized spacial score (nSPS) is 12.3. The highest BCUT2D eigenvalue weighted by Gasteiger charge is 2.35. The lowest BCUT2D eigenvalue weighted by molar-refractivity contribution is 0.107. The van der Waals surface area contributed by atoms with E-state index in [1.54, 1.807) is 0 Å². The second-order valence-corrected chi connectivity index (χ2v) is 9.39. The molecule has 0 aliphatic carbocycles. The van der Waals surface area contributed by atoms with Crippen molar-refractivity contribution in [2.24, 2.45) is 0 Å². The molecule has 0 N–H and O–H groups in total. The summed E-state index contributed by atoms with van der Waals surface area (Å²) in [6.45, 7) is 7.25. The van der Waals surface area contributed by atoms with E-state index in [-0.39, 0.29) is 12.2 Å². The van der Waals surface area contributed by atoms with Gasteiger partial charge in [-0.3, -0.25) is 13.4 Å². The van der Waals surface area contributed by atoms with E-state index < -0.39 is 16.0 Å². The standard InChI is InChI=1S/C18H24O4P2/c1-15(2)20-24(19,21-16(3)4)22-23(17-11-7-5-8-12-17)18-13-9-6-10-14-18/h5-16H,1-4H3. The quantitative estimate of drug-likeness (QED) is 0.616. The third-order valence-corrected chi connectivity index (χ3v) is 7.19. The summed E-state index contributed by atoms with van der Waals surface area (Å²) in [5.74, 6) is 0. The predicted molar refractivity (Wildman–Crippen MR) is 100 cm³/mol. The Labute approximate surface area is 145 Å². The zero-order valence-corrected chi connectivity index (χ0v) is 16.2. The van der Waals surface area contributed by atoms with Crippen molar-refractivity contribution in [1.29, 1.82) is 0 Å². The lowest BCUT2D eigenvalue weighted by atomic mass is 10.4. The Bertz CT molecular complexity index is 606. The minimum absolute atomic E-state index is 0.266. The zero-order valence-electron chi connectivity index (χ0n) is 14.5. The Hall–Kier alpha value is -1.02. The van der Waals surface area contributed by atoms with Crippen LogP contribution >= 0.6 is 16.0 Å². The average molecular weight is 366 g/mol. The fraction of sp³-hybridized carbons (Fsp3) is 0.333. The van der Waals surface area contributed by atoms with Gasteiger partial charge >= 0.3 is 7.82 Å². The van der Waals surface area contributed by atoms with Crippen molar-refractivity contribution >= 4 is 26.6 Å². The van der Waals surface area contributed by atoms with Crippen LogP contribution in [0, 0.1) is 0 Å². The van der Waals surface area contributed by atoms with E-state index >= 15 is 0 Å². The second kappa shape index (κ2) is 8.89. The van der Waals surface area contributed by atoms with Gasteiger partial charge in [-0.05, 0) is 27.7 Å². The third kappa shape index (κ3) is 5.81. The SMILES string of the molecule is CC(C)OP(=O)(OC(C)C)OP(c1ccccc1)c1ccccc1.